The first-order valence-electron chi connectivity index (χ1n) is 6.66. The molecule has 3 rings (SSSR count). The van der Waals surface area contributed by atoms with Crippen molar-refractivity contribution in [2.45, 2.75) is 25.4 Å². The number of nitrogens with one attached hydrogen (secondary N) is 2. The molecule has 2 heterocycles. The maximum absolute atomic E-state index is 12.3. The highest BCUT2D eigenvalue weighted by Gasteiger charge is 2.32. The molecule has 0 radical (unpaired) electrons. The van der Waals surface area contributed by atoms with Gasteiger partial charge >= 0.3 is 6.03 Å². The number of urea groups is 1. The number of carbonyl (C=O) groups is 1. The van der Waals surface area contributed by atoms with Gasteiger partial charge in [-0.2, -0.15) is 5.21 Å². The van der Waals surface area contributed by atoms with Crippen LogP contribution in [0, 0.1) is 0 Å². The first kappa shape index (κ1) is 12.6. The molecular weight excluding hydrogens is 256 g/mol. The first-order chi connectivity index (χ1) is 9.84. The lowest BCUT2D eigenvalue weighted by atomic mass is 10.2. The summed E-state index contributed by atoms with van der Waals surface area (Å²) < 4.78 is 0. The summed E-state index contributed by atoms with van der Waals surface area (Å²) >= 11 is 0. The van der Waals surface area contributed by atoms with E-state index < -0.39 is 0 Å². The molecule has 1 aliphatic heterocycles. The largest absolute Gasteiger partial charge is 0.334 e. The predicted molar refractivity (Wildman–Crippen MR) is 71.5 cm³/mol. The lowest BCUT2D eigenvalue weighted by Crippen LogP contribution is -2.39. The van der Waals surface area contributed by atoms with E-state index >= 15 is 0 Å². The zero-order valence-electron chi connectivity index (χ0n) is 11.0. The van der Waals surface area contributed by atoms with Gasteiger partial charge in [-0.25, -0.2) is 4.79 Å². The lowest BCUT2D eigenvalue weighted by Gasteiger charge is -2.22. The van der Waals surface area contributed by atoms with E-state index in [2.05, 4.69) is 25.9 Å². The number of likely N-dealkylation sites (tertiary alicyclic amines) is 1. The minimum atomic E-state index is -0.0823. The Labute approximate surface area is 116 Å². The summed E-state index contributed by atoms with van der Waals surface area (Å²) in [7, 11) is 0. The number of rotatable bonds is 3. The van der Waals surface area contributed by atoms with Crippen LogP contribution in [0.4, 0.5) is 4.79 Å². The van der Waals surface area contributed by atoms with E-state index in [0.717, 1.165) is 24.9 Å². The fourth-order valence-electron chi connectivity index (χ4n) is 2.46. The molecule has 1 atom stereocenters. The molecule has 7 heteroatoms. The van der Waals surface area contributed by atoms with Gasteiger partial charge in [0.05, 0.1) is 6.04 Å². The molecule has 2 aromatic rings. The van der Waals surface area contributed by atoms with Gasteiger partial charge in [0.2, 0.25) is 0 Å². The van der Waals surface area contributed by atoms with E-state index in [-0.39, 0.29) is 12.1 Å². The number of hydrogen-bond acceptors (Lipinski definition) is 4. The summed E-state index contributed by atoms with van der Waals surface area (Å²) in [5.74, 6) is 0.581. The summed E-state index contributed by atoms with van der Waals surface area (Å²) in [6.07, 6.45) is 1.83. The van der Waals surface area contributed by atoms with E-state index in [1.54, 1.807) is 4.90 Å². The molecular formula is C13H16N6O. The van der Waals surface area contributed by atoms with Gasteiger partial charge in [0.25, 0.3) is 0 Å². The van der Waals surface area contributed by atoms with Crippen molar-refractivity contribution in [2.75, 3.05) is 6.54 Å². The second kappa shape index (κ2) is 5.68. The van der Waals surface area contributed by atoms with Gasteiger partial charge < -0.3 is 10.2 Å². The van der Waals surface area contributed by atoms with Gasteiger partial charge in [-0.05, 0) is 18.4 Å². The Morgan fingerprint density at radius 2 is 2.25 bits per heavy atom. The van der Waals surface area contributed by atoms with Crippen molar-refractivity contribution in [3.05, 3.63) is 41.7 Å². The van der Waals surface area contributed by atoms with E-state index in [1.165, 1.54) is 0 Å². The number of nitrogens with zero attached hydrogens (tertiary/aromatic N) is 4. The molecule has 0 spiro atoms. The average molecular weight is 272 g/mol. The highest BCUT2D eigenvalue weighted by Crippen LogP contribution is 2.28. The quantitative estimate of drug-likeness (QED) is 0.880. The second-order valence-corrected chi connectivity index (χ2v) is 4.77. The summed E-state index contributed by atoms with van der Waals surface area (Å²) in [6, 6.07) is 9.68. The summed E-state index contributed by atoms with van der Waals surface area (Å²) in [6.45, 7) is 1.25. The van der Waals surface area contributed by atoms with Crippen LogP contribution in [-0.2, 0) is 6.54 Å². The topological polar surface area (TPSA) is 86.8 Å². The Morgan fingerprint density at radius 3 is 3.00 bits per heavy atom. The highest BCUT2D eigenvalue weighted by atomic mass is 16.2. The van der Waals surface area contributed by atoms with Crippen LogP contribution < -0.4 is 5.32 Å². The molecule has 1 aliphatic rings. The molecule has 0 unspecified atom stereocenters. The standard InChI is InChI=1S/C13H16N6O/c20-13(14-9-10-5-2-1-3-6-10)19-8-4-7-11(19)12-15-17-18-16-12/h1-3,5-6,11H,4,7-9H2,(H,14,20)(H,15,16,17,18)/t11-/m0/s1. The van der Waals surface area contributed by atoms with Gasteiger partial charge in [0.1, 0.15) is 0 Å². The van der Waals surface area contributed by atoms with E-state index in [1.807, 2.05) is 30.3 Å². The Hall–Kier alpha value is -2.44. The molecule has 2 N–H and O–H groups in total. The number of hydrogen-bond donors (Lipinski definition) is 2. The zero-order valence-corrected chi connectivity index (χ0v) is 11.0. The third-order valence-corrected chi connectivity index (χ3v) is 3.46. The van der Waals surface area contributed by atoms with Gasteiger partial charge in [-0.1, -0.05) is 35.5 Å². The molecule has 7 nitrogen and oxygen atoms in total. The molecule has 1 aromatic heterocycles. The lowest BCUT2D eigenvalue weighted by molar-refractivity contribution is 0.190. The van der Waals surface area contributed by atoms with Gasteiger partial charge in [0, 0.05) is 13.1 Å². The smallest absolute Gasteiger partial charge is 0.318 e. The van der Waals surface area contributed by atoms with Crippen LogP contribution in [0.15, 0.2) is 30.3 Å². The van der Waals surface area contributed by atoms with E-state index in [4.69, 9.17) is 0 Å². The normalized spacial score (nSPS) is 18.2. The monoisotopic (exact) mass is 272 g/mol. The highest BCUT2D eigenvalue weighted by molar-refractivity contribution is 5.74. The summed E-state index contributed by atoms with van der Waals surface area (Å²) in [5, 5.41) is 16.9. The fourth-order valence-corrected chi connectivity index (χ4v) is 2.46. The molecule has 0 aliphatic carbocycles. The Bertz CT molecular complexity index is 556. The van der Waals surface area contributed by atoms with Crippen LogP contribution in [0.2, 0.25) is 0 Å². The van der Waals surface area contributed by atoms with Crippen LogP contribution in [0.25, 0.3) is 0 Å². The van der Waals surface area contributed by atoms with Crippen molar-refractivity contribution in [1.29, 1.82) is 0 Å². The molecule has 0 saturated carbocycles. The number of aromatic nitrogens is 4. The van der Waals surface area contributed by atoms with Crippen LogP contribution in [0.1, 0.15) is 30.3 Å². The number of aromatic amines is 1. The summed E-state index contributed by atoms with van der Waals surface area (Å²) in [5.41, 5.74) is 1.08. The number of H-pyrrole nitrogens is 1. The van der Waals surface area contributed by atoms with Crippen molar-refractivity contribution < 1.29 is 4.79 Å². The molecule has 104 valence electrons. The maximum atomic E-state index is 12.3. The van der Waals surface area contributed by atoms with Gasteiger partial charge in [-0.3, -0.25) is 0 Å². The Balaban J connectivity index is 1.62. The Morgan fingerprint density at radius 1 is 1.40 bits per heavy atom. The van der Waals surface area contributed by atoms with Crippen molar-refractivity contribution in [1.82, 2.24) is 30.8 Å². The predicted octanol–water partition coefficient (Wildman–Crippen LogP) is 1.25. The van der Waals surface area contributed by atoms with Crippen molar-refractivity contribution in [3.63, 3.8) is 0 Å². The number of carbonyl (C=O) groups excluding carboxylic acids is 1. The summed E-state index contributed by atoms with van der Waals surface area (Å²) in [4.78, 5) is 14.0. The molecule has 1 saturated heterocycles. The van der Waals surface area contributed by atoms with Crippen molar-refractivity contribution in [2.24, 2.45) is 0 Å². The van der Waals surface area contributed by atoms with E-state index in [0.29, 0.717) is 12.4 Å². The van der Waals surface area contributed by atoms with Crippen molar-refractivity contribution >= 4 is 6.03 Å². The molecule has 1 aromatic carbocycles. The van der Waals surface area contributed by atoms with Crippen LogP contribution in [0.3, 0.4) is 0 Å². The number of benzene rings is 1. The fraction of sp³-hybridized carbons (Fsp3) is 0.385. The average Bonchev–Trinajstić information content (AvgIpc) is 3.15. The van der Waals surface area contributed by atoms with Gasteiger partial charge in [-0.15, -0.1) is 10.2 Å². The molecule has 1 fully saturated rings. The minimum absolute atomic E-state index is 0.0791. The molecule has 2 amide bonds. The number of amides is 2. The third-order valence-electron chi connectivity index (χ3n) is 3.46. The van der Waals surface area contributed by atoms with Crippen LogP contribution in [-0.4, -0.2) is 38.1 Å². The first-order valence-corrected chi connectivity index (χ1v) is 6.66. The molecule has 20 heavy (non-hydrogen) atoms. The SMILES string of the molecule is O=C(NCc1ccccc1)N1CCC[C@H]1c1nn[nH]n1. The van der Waals surface area contributed by atoms with Gasteiger partial charge in [0.15, 0.2) is 5.82 Å². The zero-order chi connectivity index (χ0) is 13.8. The maximum Gasteiger partial charge on any atom is 0.318 e. The second-order valence-electron chi connectivity index (χ2n) is 4.77. The number of tetrazole rings is 1. The minimum Gasteiger partial charge on any atom is -0.334 e. The van der Waals surface area contributed by atoms with Crippen LogP contribution >= 0.6 is 0 Å². The molecule has 0 bridgehead atoms. The van der Waals surface area contributed by atoms with Crippen LogP contribution in [0.5, 0.6) is 0 Å². The third kappa shape index (κ3) is 2.61. The Kier molecular flexibility index (Phi) is 3.58. The van der Waals surface area contributed by atoms with Crippen molar-refractivity contribution in [3.8, 4) is 0 Å². The van der Waals surface area contributed by atoms with E-state index in [9.17, 15) is 4.79 Å².